The molecule has 2 atom stereocenters. The first-order valence-corrected chi connectivity index (χ1v) is 11.9. The molecule has 34 heavy (non-hydrogen) atoms. The van der Waals surface area contributed by atoms with E-state index in [1.807, 2.05) is 43.3 Å². The Bertz CT molecular complexity index is 1340. The molecule has 1 saturated carbocycles. The Kier molecular flexibility index (Phi) is 5.43. The van der Waals surface area contributed by atoms with Gasteiger partial charge >= 0.3 is 5.69 Å². The third kappa shape index (κ3) is 3.76. The van der Waals surface area contributed by atoms with E-state index in [0.717, 1.165) is 47.6 Å². The summed E-state index contributed by atoms with van der Waals surface area (Å²) in [6, 6.07) is 13.5. The van der Waals surface area contributed by atoms with E-state index in [9.17, 15) is 9.59 Å². The van der Waals surface area contributed by atoms with Gasteiger partial charge in [-0.05, 0) is 55.0 Å². The lowest BCUT2D eigenvalue weighted by atomic mass is 9.78. The summed E-state index contributed by atoms with van der Waals surface area (Å²) in [5.74, 6) is 6.85. The van der Waals surface area contributed by atoms with E-state index < -0.39 is 11.2 Å². The molecule has 2 aliphatic rings. The first kappa shape index (κ1) is 22.5. The predicted octanol–water partition coefficient (Wildman–Crippen LogP) is 2.39. The number of ether oxygens (including phenoxy) is 1. The van der Waals surface area contributed by atoms with Gasteiger partial charge in [-0.3, -0.25) is 9.36 Å². The van der Waals surface area contributed by atoms with Crippen LogP contribution in [0.15, 0.2) is 52.1 Å². The van der Waals surface area contributed by atoms with E-state index in [1.165, 1.54) is 0 Å². The number of nitrogens with zero attached hydrogens (tertiary/aromatic N) is 3. The second-order valence-corrected chi connectivity index (χ2v) is 10.4. The van der Waals surface area contributed by atoms with Gasteiger partial charge in [-0.25, -0.2) is 4.79 Å². The molecule has 0 bridgehead atoms. The van der Waals surface area contributed by atoms with Crippen molar-refractivity contribution in [3.63, 3.8) is 0 Å². The molecule has 0 amide bonds. The number of nitrogens with two attached hydrogens (primary N) is 2. The minimum Gasteiger partial charge on any atom is -0.492 e. The predicted molar refractivity (Wildman–Crippen MR) is 135 cm³/mol. The van der Waals surface area contributed by atoms with Crippen LogP contribution in [0, 0.1) is 18.3 Å². The number of para-hydroxylation sites is 1. The van der Waals surface area contributed by atoms with Crippen LogP contribution in [-0.4, -0.2) is 35.0 Å². The van der Waals surface area contributed by atoms with Gasteiger partial charge in [0.25, 0.3) is 5.56 Å². The van der Waals surface area contributed by atoms with Gasteiger partial charge in [0, 0.05) is 36.8 Å². The summed E-state index contributed by atoms with van der Waals surface area (Å²) < 4.78 is 8.40. The first-order valence-electron chi connectivity index (χ1n) is 11.9. The van der Waals surface area contributed by atoms with Crippen molar-refractivity contribution in [2.75, 3.05) is 30.4 Å². The van der Waals surface area contributed by atoms with Crippen molar-refractivity contribution >= 4 is 16.6 Å². The van der Waals surface area contributed by atoms with Crippen molar-refractivity contribution in [3.05, 3.63) is 68.9 Å². The largest absolute Gasteiger partial charge is 0.492 e. The normalized spacial score (nSPS) is 20.6. The van der Waals surface area contributed by atoms with Crippen LogP contribution in [0.1, 0.15) is 38.3 Å². The Morgan fingerprint density at radius 3 is 2.50 bits per heavy atom. The number of hydrogen-bond donors (Lipinski definition) is 2. The quantitative estimate of drug-likeness (QED) is 0.544. The third-order valence-electron chi connectivity index (χ3n) is 7.48. The van der Waals surface area contributed by atoms with Crippen LogP contribution in [0.3, 0.4) is 0 Å². The first-order chi connectivity index (χ1) is 16.2. The fourth-order valence-corrected chi connectivity index (χ4v) is 5.50. The number of fused-ring (bicyclic) bond motifs is 1. The standard InChI is InChI=1S/C26H33N5O3/c1-16-22(12-11-19-23(16)30(17-9-10-17)25(33)31(28)24(19)32)29-13-20(26(2,3)15-29)21(27)14-34-18-7-5-4-6-8-18/h4-8,11-12,17,20-21H,9-10,13-15,27-28H2,1-3H3/t20-,21+/m1/s1. The molecule has 8 nitrogen and oxygen atoms in total. The molecule has 1 aromatic heterocycles. The van der Waals surface area contributed by atoms with E-state index in [0.29, 0.717) is 17.5 Å². The van der Waals surface area contributed by atoms with Gasteiger partial charge in [0.05, 0.1) is 10.9 Å². The Hall–Kier alpha value is -3.26. The van der Waals surface area contributed by atoms with Crippen LogP contribution < -0.4 is 32.5 Å². The number of benzene rings is 2. The Labute approximate surface area is 198 Å². The van der Waals surface area contributed by atoms with Gasteiger partial charge in [0.15, 0.2) is 0 Å². The fraction of sp³-hybridized carbons (Fsp3) is 0.462. The highest BCUT2D eigenvalue weighted by molar-refractivity contribution is 5.87. The zero-order valence-corrected chi connectivity index (χ0v) is 20.0. The highest BCUT2D eigenvalue weighted by Gasteiger charge is 2.43. The molecular weight excluding hydrogens is 430 g/mol. The highest BCUT2D eigenvalue weighted by atomic mass is 16.5. The zero-order valence-electron chi connectivity index (χ0n) is 20.0. The molecule has 5 rings (SSSR count). The molecule has 2 aromatic carbocycles. The smallest absolute Gasteiger partial charge is 0.350 e. The maximum atomic E-state index is 12.9. The van der Waals surface area contributed by atoms with Gasteiger partial charge in [-0.1, -0.05) is 32.0 Å². The summed E-state index contributed by atoms with van der Waals surface area (Å²) in [6.07, 6.45) is 1.85. The molecule has 3 aromatic rings. The van der Waals surface area contributed by atoms with Gasteiger partial charge in [0.2, 0.25) is 0 Å². The maximum absolute atomic E-state index is 12.9. The zero-order chi connectivity index (χ0) is 24.2. The van der Waals surface area contributed by atoms with Crippen molar-refractivity contribution < 1.29 is 4.74 Å². The molecule has 4 N–H and O–H groups in total. The lowest BCUT2D eigenvalue weighted by Crippen LogP contribution is -2.44. The summed E-state index contributed by atoms with van der Waals surface area (Å²) in [6.45, 7) is 8.52. The summed E-state index contributed by atoms with van der Waals surface area (Å²) in [5, 5.41) is 0.484. The molecule has 2 heterocycles. The highest BCUT2D eigenvalue weighted by Crippen LogP contribution is 2.42. The summed E-state index contributed by atoms with van der Waals surface area (Å²) in [7, 11) is 0. The van der Waals surface area contributed by atoms with Crippen LogP contribution in [0.2, 0.25) is 0 Å². The third-order valence-corrected chi connectivity index (χ3v) is 7.48. The molecule has 0 radical (unpaired) electrons. The Balaban J connectivity index is 1.47. The van der Waals surface area contributed by atoms with Gasteiger partial charge in [-0.2, -0.15) is 4.68 Å². The topological polar surface area (TPSA) is 109 Å². The summed E-state index contributed by atoms with van der Waals surface area (Å²) in [4.78, 5) is 27.9. The molecule has 180 valence electrons. The number of hydrogen-bond acceptors (Lipinski definition) is 6. The van der Waals surface area contributed by atoms with Gasteiger partial charge in [-0.15, -0.1) is 0 Å². The van der Waals surface area contributed by atoms with Crippen LogP contribution in [0.4, 0.5) is 5.69 Å². The van der Waals surface area contributed by atoms with E-state index in [2.05, 4.69) is 18.7 Å². The Morgan fingerprint density at radius 1 is 1.12 bits per heavy atom. The Morgan fingerprint density at radius 2 is 1.82 bits per heavy atom. The average molecular weight is 464 g/mol. The molecule has 1 aliphatic carbocycles. The van der Waals surface area contributed by atoms with Crippen molar-refractivity contribution in [3.8, 4) is 5.75 Å². The second kappa shape index (κ2) is 8.20. The van der Waals surface area contributed by atoms with Crippen LogP contribution >= 0.6 is 0 Å². The minimum absolute atomic E-state index is 0.0301. The average Bonchev–Trinajstić information content (AvgIpc) is 3.60. The van der Waals surface area contributed by atoms with Crippen molar-refractivity contribution in [1.29, 1.82) is 0 Å². The maximum Gasteiger partial charge on any atom is 0.350 e. The van der Waals surface area contributed by atoms with Crippen LogP contribution in [-0.2, 0) is 0 Å². The number of anilines is 1. The van der Waals surface area contributed by atoms with Crippen LogP contribution in [0.25, 0.3) is 10.9 Å². The SMILES string of the molecule is Cc1c(N2C[C@H]([C@@H](N)COc3ccccc3)C(C)(C)C2)ccc2c(=O)n(N)c(=O)n(C3CC3)c12. The number of aromatic nitrogens is 2. The van der Waals surface area contributed by atoms with Gasteiger partial charge < -0.3 is 21.2 Å². The number of rotatable bonds is 6. The molecule has 8 heteroatoms. The van der Waals surface area contributed by atoms with E-state index in [-0.39, 0.29) is 23.4 Å². The lowest BCUT2D eigenvalue weighted by molar-refractivity contribution is 0.185. The van der Waals surface area contributed by atoms with Crippen molar-refractivity contribution in [2.45, 2.75) is 45.7 Å². The monoisotopic (exact) mass is 463 g/mol. The summed E-state index contributed by atoms with van der Waals surface area (Å²) >= 11 is 0. The molecule has 1 saturated heterocycles. The van der Waals surface area contributed by atoms with E-state index in [1.54, 1.807) is 10.6 Å². The molecule has 0 spiro atoms. The van der Waals surface area contributed by atoms with Gasteiger partial charge in [0.1, 0.15) is 12.4 Å². The van der Waals surface area contributed by atoms with E-state index >= 15 is 0 Å². The fourth-order valence-electron chi connectivity index (χ4n) is 5.50. The minimum atomic E-state index is -0.453. The van der Waals surface area contributed by atoms with Crippen molar-refractivity contribution in [2.24, 2.45) is 17.1 Å². The van der Waals surface area contributed by atoms with Crippen molar-refractivity contribution in [1.82, 2.24) is 9.24 Å². The lowest BCUT2D eigenvalue weighted by Gasteiger charge is -2.30. The molecule has 1 aliphatic heterocycles. The van der Waals surface area contributed by atoms with E-state index in [4.69, 9.17) is 16.3 Å². The molecule has 2 fully saturated rings. The molecule has 0 unspecified atom stereocenters. The number of nitrogen functional groups attached to an aromatic ring is 1. The summed E-state index contributed by atoms with van der Waals surface area (Å²) in [5.41, 5.74) is 8.39. The second-order valence-electron chi connectivity index (χ2n) is 10.4. The van der Waals surface area contributed by atoms with Crippen LogP contribution in [0.5, 0.6) is 5.75 Å². The molecular formula is C26H33N5O3. The number of aryl methyl sites for hydroxylation is 1.